The predicted molar refractivity (Wildman–Crippen MR) is 71.8 cm³/mol. The molecular weight excluding hydrogens is 228 g/mol. The zero-order valence-electron chi connectivity index (χ0n) is 11.0. The average molecular weight is 248 g/mol. The van der Waals surface area contributed by atoms with Crippen LogP contribution in [0.15, 0.2) is 18.2 Å². The van der Waals surface area contributed by atoms with Gasteiger partial charge in [-0.15, -0.1) is 0 Å². The van der Waals surface area contributed by atoms with Crippen molar-refractivity contribution in [3.8, 4) is 0 Å². The second-order valence-corrected chi connectivity index (χ2v) is 4.73. The molecule has 0 spiro atoms. The van der Waals surface area contributed by atoms with Crippen molar-refractivity contribution in [1.29, 1.82) is 0 Å². The maximum atomic E-state index is 11.6. The first-order valence-corrected chi connectivity index (χ1v) is 6.25. The van der Waals surface area contributed by atoms with Gasteiger partial charge in [0.05, 0.1) is 6.61 Å². The van der Waals surface area contributed by atoms with Crippen LogP contribution >= 0.6 is 0 Å². The molecule has 98 valence electrons. The van der Waals surface area contributed by atoms with E-state index in [0.717, 1.165) is 12.1 Å². The summed E-state index contributed by atoms with van der Waals surface area (Å²) in [7, 11) is 3.52. The third-order valence-electron chi connectivity index (χ3n) is 3.57. The summed E-state index contributed by atoms with van der Waals surface area (Å²) < 4.78 is 5.19. The Hall–Kier alpha value is -1.39. The van der Waals surface area contributed by atoms with Gasteiger partial charge in [-0.2, -0.15) is 0 Å². The summed E-state index contributed by atoms with van der Waals surface area (Å²) in [4.78, 5) is 13.4. The number of fused-ring (bicyclic) bond motifs is 1. The van der Waals surface area contributed by atoms with Crippen molar-refractivity contribution in [1.82, 2.24) is 0 Å². The predicted octanol–water partition coefficient (Wildman–Crippen LogP) is 1.28. The monoisotopic (exact) mass is 248 g/mol. The lowest BCUT2D eigenvalue weighted by Crippen LogP contribution is -2.31. The molecule has 1 atom stereocenters. The van der Waals surface area contributed by atoms with Crippen molar-refractivity contribution in [2.24, 2.45) is 5.73 Å². The molecule has 2 N–H and O–H groups in total. The number of hydrogen-bond donors (Lipinski definition) is 1. The number of carbonyl (C=O) groups excluding carboxylic acids is 1. The lowest BCUT2D eigenvalue weighted by Gasteiger charge is -2.27. The van der Waals surface area contributed by atoms with Gasteiger partial charge in [0.1, 0.15) is 0 Å². The van der Waals surface area contributed by atoms with E-state index in [4.69, 9.17) is 10.5 Å². The molecule has 1 aromatic carbocycles. The number of benzene rings is 1. The third kappa shape index (κ3) is 2.40. The fraction of sp³-hybridized carbons (Fsp3) is 0.500. The van der Waals surface area contributed by atoms with Crippen LogP contribution in [0, 0.1) is 0 Å². The molecule has 1 amide bonds. The van der Waals surface area contributed by atoms with E-state index < -0.39 is 0 Å². The Balaban J connectivity index is 2.30. The molecule has 2 rings (SSSR count). The number of methoxy groups -OCH3 is 1. The first kappa shape index (κ1) is 13.1. The molecule has 0 bridgehead atoms. The number of aryl methyl sites for hydroxylation is 1. The molecule has 1 heterocycles. The summed E-state index contributed by atoms with van der Waals surface area (Å²) in [6.07, 6.45) is 1.40. The zero-order valence-corrected chi connectivity index (χ0v) is 11.0. The van der Waals surface area contributed by atoms with E-state index in [9.17, 15) is 4.79 Å². The largest absolute Gasteiger partial charge is 0.384 e. The maximum absolute atomic E-state index is 11.6. The normalized spacial score (nSPS) is 16.6. The molecule has 18 heavy (non-hydrogen) atoms. The molecule has 4 nitrogen and oxygen atoms in total. The average Bonchev–Trinajstić information content (AvgIpc) is 2.40. The van der Waals surface area contributed by atoms with Crippen LogP contribution in [0.25, 0.3) is 0 Å². The first-order valence-electron chi connectivity index (χ1n) is 6.25. The van der Waals surface area contributed by atoms with E-state index in [1.165, 1.54) is 11.1 Å². The highest BCUT2D eigenvalue weighted by molar-refractivity contribution is 5.95. The molecular formula is C14H20N2O2. The Morgan fingerprint density at radius 3 is 2.89 bits per heavy atom. The van der Waals surface area contributed by atoms with E-state index in [1.54, 1.807) is 12.0 Å². The minimum absolute atomic E-state index is 0.183. The number of nitrogens with two attached hydrogens (primary N) is 1. The number of ether oxygens (including phenoxy) is 1. The van der Waals surface area contributed by atoms with Crippen molar-refractivity contribution >= 4 is 11.6 Å². The van der Waals surface area contributed by atoms with E-state index in [0.29, 0.717) is 19.6 Å². The number of nitrogens with zero attached hydrogens (tertiary/aromatic N) is 1. The molecule has 1 aromatic rings. The van der Waals surface area contributed by atoms with Gasteiger partial charge >= 0.3 is 0 Å². The number of hydrogen-bond acceptors (Lipinski definition) is 3. The highest BCUT2D eigenvalue weighted by Crippen LogP contribution is 2.29. The third-order valence-corrected chi connectivity index (χ3v) is 3.57. The Morgan fingerprint density at radius 2 is 2.22 bits per heavy atom. The molecule has 1 aliphatic heterocycles. The van der Waals surface area contributed by atoms with Crippen LogP contribution in [0.2, 0.25) is 0 Å². The minimum Gasteiger partial charge on any atom is -0.384 e. The van der Waals surface area contributed by atoms with Crippen molar-refractivity contribution in [2.45, 2.75) is 18.8 Å². The fourth-order valence-corrected chi connectivity index (χ4v) is 2.43. The lowest BCUT2D eigenvalue weighted by atomic mass is 9.93. The van der Waals surface area contributed by atoms with Gasteiger partial charge in [-0.3, -0.25) is 4.79 Å². The van der Waals surface area contributed by atoms with Crippen LogP contribution in [-0.2, 0) is 16.0 Å². The second kappa shape index (κ2) is 5.50. The number of anilines is 1. The van der Waals surface area contributed by atoms with E-state index in [2.05, 4.69) is 6.07 Å². The minimum atomic E-state index is 0.183. The molecule has 4 heteroatoms. The summed E-state index contributed by atoms with van der Waals surface area (Å²) in [6, 6.07) is 6.22. The zero-order chi connectivity index (χ0) is 13.1. The highest BCUT2D eigenvalue weighted by atomic mass is 16.5. The van der Waals surface area contributed by atoms with Crippen molar-refractivity contribution in [3.05, 3.63) is 29.3 Å². The van der Waals surface area contributed by atoms with Gasteiger partial charge in [-0.25, -0.2) is 0 Å². The molecule has 0 saturated heterocycles. The van der Waals surface area contributed by atoms with Gasteiger partial charge in [0.2, 0.25) is 5.91 Å². The number of carbonyl (C=O) groups is 1. The molecule has 0 saturated carbocycles. The van der Waals surface area contributed by atoms with Crippen molar-refractivity contribution in [2.75, 3.05) is 32.2 Å². The standard InChI is InChI=1S/C14H20N2O2/c1-16-13-5-3-10(12(8-15)9-18-2)7-11(13)4-6-14(16)17/h3,5,7,12H,4,6,8-9,15H2,1-2H3. The molecule has 1 unspecified atom stereocenters. The van der Waals surface area contributed by atoms with Crippen LogP contribution in [0.4, 0.5) is 5.69 Å². The molecule has 0 aromatic heterocycles. The van der Waals surface area contributed by atoms with E-state index in [1.807, 2.05) is 19.2 Å². The summed E-state index contributed by atoms with van der Waals surface area (Å²) >= 11 is 0. The molecule has 0 aliphatic carbocycles. The highest BCUT2D eigenvalue weighted by Gasteiger charge is 2.21. The number of rotatable bonds is 4. The summed E-state index contributed by atoms with van der Waals surface area (Å²) in [5.41, 5.74) is 9.21. The smallest absolute Gasteiger partial charge is 0.227 e. The Labute approximate surface area is 108 Å². The number of amides is 1. The Kier molecular flexibility index (Phi) is 3.99. The van der Waals surface area contributed by atoms with Gasteiger partial charge in [0.25, 0.3) is 0 Å². The van der Waals surface area contributed by atoms with Gasteiger partial charge in [-0.1, -0.05) is 12.1 Å². The summed E-state index contributed by atoms with van der Waals surface area (Å²) in [6.45, 7) is 1.20. The van der Waals surface area contributed by atoms with Crippen LogP contribution in [0.5, 0.6) is 0 Å². The lowest BCUT2D eigenvalue weighted by molar-refractivity contribution is -0.118. The van der Waals surface area contributed by atoms with Crippen molar-refractivity contribution in [3.63, 3.8) is 0 Å². The van der Waals surface area contributed by atoms with Gasteiger partial charge in [0, 0.05) is 38.7 Å². The Bertz CT molecular complexity index is 445. The van der Waals surface area contributed by atoms with Gasteiger partial charge in [-0.05, 0) is 23.6 Å². The molecule has 0 fully saturated rings. The molecule has 0 radical (unpaired) electrons. The first-order chi connectivity index (χ1) is 8.67. The quantitative estimate of drug-likeness (QED) is 0.873. The van der Waals surface area contributed by atoms with Crippen LogP contribution in [0.1, 0.15) is 23.5 Å². The maximum Gasteiger partial charge on any atom is 0.227 e. The van der Waals surface area contributed by atoms with Crippen LogP contribution in [-0.4, -0.2) is 33.2 Å². The van der Waals surface area contributed by atoms with Crippen LogP contribution < -0.4 is 10.6 Å². The molecule has 1 aliphatic rings. The second-order valence-electron chi connectivity index (χ2n) is 4.73. The van der Waals surface area contributed by atoms with Gasteiger partial charge in [0.15, 0.2) is 0 Å². The fourth-order valence-electron chi connectivity index (χ4n) is 2.43. The summed E-state index contributed by atoms with van der Waals surface area (Å²) in [5, 5.41) is 0. The topological polar surface area (TPSA) is 55.6 Å². The van der Waals surface area contributed by atoms with Crippen molar-refractivity contribution < 1.29 is 9.53 Å². The summed E-state index contributed by atoms with van der Waals surface area (Å²) in [5.74, 6) is 0.408. The SMILES string of the molecule is COCC(CN)c1ccc2c(c1)CCC(=O)N2C. The van der Waals surface area contributed by atoms with E-state index in [-0.39, 0.29) is 11.8 Å². The van der Waals surface area contributed by atoms with Crippen LogP contribution in [0.3, 0.4) is 0 Å². The van der Waals surface area contributed by atoms with E-state index >= 15 is 0 Å². The Morgan fingerprint density at radius 1 is 1.44 bits per heavy atom. The van der Waals surface area contributed by atoms with Gasteiger partial charge < -0.3 is 15.4 Å².